The first-order chi connectivity index (χ1) is 13.7. The molecule has 6 rings (SSSR count). The molecule has 0 spiro atoms. The number of hydrogen-bond acceptors (Lipinski definition) is 5. The number of carbonyl (C=O) groups is 1. The average Bonchev–Trinajstić information content (AvgIpc) is 3.17. The number of benzene rings is 1. The maximum atomic E-state index is 11.9. The van der Waals surface area contributed by atoms with Crippen LogP contribution in [0.1, 0.15) is 34.7 Å². The van der Waals surface area contributed by atoms with Gasteiger partial charge in [-0.05, 0) is 50.0 Å². The Kier molecular flexibility index (Phi) is 4.23. The number of rotatable bonds is 4. The highest BCUT2D eigenvalue weighted by Crippen LogP contribution is 2.49. The fourth-order valence-electron chi connectivity index (χ4n) is 5.70. The lowest BCUT2D eigenvalue weighted by Crippen LogP contribution is -2.60. The Bertz CT molecular complexity index is 894. The summed E-state index contributed by atoms with van der Waals surface area (Å²) >= 11 is 0. The summed E-state index contributed by atoms with van der Waals surface area (Å²) < 4.78 is 5.67. The van der Waals surface area contributed by atoms with Crippen molar-refractivity contribution in [2.24, 2.45) is 5.92 Å². The maximum absolute atomic E-state index is 11.9. The van der Waals surface area contributed by atoms with Crippen molar-refractivity contribution in [1.29, 1.82) is 0 Å². The lowest BCUT2D eigenvalue weighted by Gasteiger charge is -2.51. The number of piperidine rings is 3. The zero-order valence-corrected chi connectivity index (χ0v) is 16.0. The number of carboxylic acid groups (broad SMARTS) is 1. The van der Waals surface area contributed by atoms with Gasteiger partial charge in [0.2, 0.25) is 0 Å². The van der Waals surface area contributed by atoms with Gasteiger partial charge in [-0.15, -0.1) is 0 Å². The van der Waals surface area contributed by atoms with Gasteiger partial charge in [0, 0.05) is 36.3 Å². The summed E-state index contributed by atoms with van der Waals surface area (Å²) in [6.07, 6.45) is 4.05. The fourth-order valence-corrected chi connectivity index (χ4v) is 5.70. The number of methoxy groups -OCH3 is 1. The molecule has 6 heteroatoms. The van der Waals surface area contributed by atoms with Crippen LogP contribution in [0.3, 0.4) is 0 Å². The molecular formula is C22H25N3O3. The third kappa shape index (κ3) is 2.58. The first kappa shape index (κ1) is 17.5. The number of ether oxygens (including phenoxy) is 1. The molecule has 3 unspecified atom stereocenters. The van der Waals surface area contributed by atoms with Gasteiger partial charge in [-0.25, -0.2) is 9.78 Å². The standard InChI is InChI=1S/C22H25N3O3/c1-28-18-7-3-2-5-15(18)17-13-25(21-16(22(26)27)6-4-10-23-21)19-14-8-11-24(12-9-14)20(17)19/h2-7,10,14,17,19-20H,8-9,11-13H2,1H3,(H,26,27). The van der Waals surface area contributed by atoms with E-state index in [1.807, 2.05) is 12.1 Å². The normalized spacial score (nSPS) is 30.9. The molecule has 4 fully saturated rings. The van der Waals surface area contributed by atoms with E-state index in [1.165, 1.54) is 18.4 Å². The number of para-hydroxylation sites is 1. The second-order valence-corrected chi connectivity index (χ2v) is 8.04. The molecule has 0 aliphatic carbocycles. The van der Waals surface area contributed by atoms with Crippen molar-refractivity contribution in [3.63, 3.8) is 0 Å². The lowest BCUT2D eigenvalue weighted by molar-refractivity contribution is 0.0351. The van der Waals surface area contributed by atoms with Gasteiger partial charge in [0.25, 0.3) is 0 Å². The van der Waals surface area contributed by atoms with Crippen LogP contribution in [0.4, 0.5) is 5.82 Å². The van der Waals surface area contributed by atoms with Crippen LogP contribution in [0.2, 0.25) is 0 Å². The van der Waals surface area contributed by atoms with E-state index in [2.05, 4.69) is 26.9 Å². The highest BCUT2D eigenvalue weighted by molar-refractivity contribution is 5.93. The summed E-state index contributed by atoms with van der Waals surface area (Å²) in [7, 11) is 1.72. The van der Waals surface area contributed by atoms with Crippen molar-refractivity contribution in [2.45, 2.75) is 30.8 Å². The number of fused-ring (bicyclic) bond motifs is 2. The van der Waals surface area contributed by atoms with Gasteiger partial charge in [-0.3, -0.25) is 4.90 Å². The van der Waals surface area contributed by atoms with Crippen molar-refractivity contribution < 1.29 is 14.6 Å². The first-order valence-electron chi connectivity index (χ1n) is 10.0. The van der Waals surface area contributed by atoms with Crippen molar-refractivity contribution in [1.82, 2.24) is 9.88 Å². The second-order valence-electron chi connectivity index (χ2n) is 8.04. The van der Waals surface area contributed by atoms with E-state index in [9.17, 15) is 9.90 Å². The first-order valence-corrected chi connectivity index (χ1v) is 10.0. The molecule has 2 bridgehead atoms. The Balaban J connectivity index is 1.61. The summed E-state index contributed by atoms with van der Waals surface area (Å²) in [5.74, 6) is 1.46. The van der Waals surface area contributed by atoms with Gasteiger partial charge in [-0.2, -0.15) is 0 Å². The SMILES string of the molecule is COc1ccccc1C1CN(c2ncccc2C(=O)O)C2C3CCN(CC3)C12. The Morgan fingerprint density at radius 3 is 2.68 bits per heavy atom. The molecule has 1 N–H and O–H groups in total. The van der Waals surface area contributed by atoms with Crippen molar-refractivity contribution in [3.05, 3.63) is 53.7 Å². The monoisotopic (exact) mass is 379 g/mol. The Morgan fingerprint density at radius 1 is 1.14 bits per heavy atom. The van der Waals surface area contributed by atoms with Gasteiger partial charge in [0.15, 0.2) is 0 Å². The van der Waals surface area contributed by atoms with E-state index >= 15 is 0 Å². The maximum Gasteiger partial charge on any atom is 0.339 e. The molecule has 4 aliphatic rings. The number of carboxylic acids is 1. The molecule has 0 radical (unpaired) electrons. The minimum atomic E-state index is -0.915. The molecule has 2 aromatic rings. The summed E-state index contributed by atoms with van der Waals surface area (Å²) in [5.41, 5.74) is 1.50. The van der Waals surface area contributed by atoms with Crippen molar-refractivity contribution in [3.8, 4) is 5.75 Å². The third-order valence-electron chi connectivity index (χ3n) is 6.82. The second kappa shape index (κ2) is 6.78. The predicted octanol–water partition coefficient (Wildman–Crippen LogP) is 2.86. The molecule has 4 saturated heterocycles. The van der Waals surface area contributed by atoms with Crippen LogP contribution >= 0.6 is 0 Å². The van der Waals surface area contributed by atoms with Crippen LogP contribution in [0.15, 0.2) is 42.6 Å². The van der Waals surface area contributed by atoms with Gasteiger partial charge < -0.3 is 14.7 Å². The van der Waals surface area contributed by atoms with E-state index in [4.69, 9.17) is 4.74 Å². The highest BCUT2D eigenvalue weighted by atomic mass is 16.5. The highest BCUT2D eigenvalue weighted by Gasteiger charge is 2.54. The molecule has 146 valence electrons. The summed E-state index contributed by atoms with van der Waals surface area (Å²) in [6.45, 7) is 3.01. The molecule has 3 atom stereocenters. The van der Waals surface area contributed by atoms with Crippen LogP contribution in [0, 0.1) is 5.92 Å². The zero-order chi connectivity index (χ0) is 19.3. The Morgan fingerprint density at radius 2 is 1.93 bits per heavy atom. The smallest absolute Gasteiger partial charge is 0.339 e. The number of nitrogens with zero attached hydrogens (tertiary/aromatic N) is 3. The Hall–Kier alpha value is -2.60. The van der Waals surface area contributed by atoms with Crippen LogP contribution in [0.25, 0.3) is 0 Å². The third-order valence-corrected chi connectivity index (χ3v) is 6.82. The number of pyridine rings is 1. The van der Waals surface area contributed by atoms with Gasteiger partial charge in [-0.1, -0.05) is 18.2 Å². The number of aromatic carboxylic acids is 1. The van der Waals surface area contributed by atoms with Crippen LogP contribution in [0.5, 0.6) is 5.75 Å². The van der Waals surface area contributed by atoms with E-state index in [0.717, 1.165) is 25.4 Å². The quantitative estimate of drug-likeness (QED) is 0.881. The topological polar surface area (TPSA) is 65.9 Å². The minimum Gasteiger partial charge on any atom is -0.496 e. The lowest BCUT2D eigenvalue weighted by atomic mass is 9.75. The number of aromatic nitrogens is 1. The van der Waals surface area contributed by atoms with Crippen LogP contribution in [-0.2, 0) is 0 Å². The largest absolute Gasteiger partial charge is 0.496 e. The summed E-state index contributed by atoms with van der Waals surface area (Å²) in [6, 6.07) is 12.3. The molecule has 28 heavy (non-hydrogen) atoms. The predicted molar refractivity (Wildman–Crippen MR) is 106 cm³/mol. The molecule has 4 aliphatic heterocycles. The van der Waals surface area contributed by atoms with Crippen LogP contribution in [-0.4, -0.2) is 59.8 Å². The average molecular weight is 379 g/mol. The van der Waals surface area contributed by atoms with E-state index in [-0.39, 0.29) is 5.92 Å². The molecule has 6 nitrogen and oxygen atoms in total. The zero-order valence-electron chi connectivity index (χ0n) is 16.0. The summed E-state index contributed by atoms with van der Waals surface area (Å²) in [4.78, 5) is 21.3. The molecule has 0 amide bonds. The van der Waals surface area contributed by atoms with E-state index < -0.39 is 5.97 Å². The van der Waals surface area contributed by atoms with Crippen LogP contribution < -0.4 is 9.64 Å². The van der Waals surface area contributed by atoms with Crippen molar-refractivity contribution >= 4 is 11.8 Å². The van der Waals surface area contributed by atoms with E-state index in [0.29, 0.717) is 29.4 Å². The molecular weight excluding hydrogens is 354 g/mol. The van der Waals surface area contributed by atoms with Gasteiger partial charge in [0.1, 0.15) is 17.1 Å². The number of anilines is 1. The van der Waals surface area contributed by atoms with Crippen molar-refractivity contribution in [2.75, 3.05) is 31.6 Å². The van der Waals surface area contributed by atoms with Gasteiger partial charge >= 0.3 is 5.97 Å². The molecule has 5 heterocycles. The van der Waals surface area contributed by atoms with E-state index in [1.54, 1.807) is 25.4 Å². The van der Waals surface area contributed by atoms with Gasteiger partial charge in [0.05, 0.1) is 7.11 Å². The molecule has 1 aromatic carbocycles. The molecule has 0 saturated carbocycles. The number of hydrogen-bond donors (Lipinski definition) is 1. The summed E-state index contributed by atoms with van der Waals surface area (Å²) in [5, 5.41) is 9.72. The Labute approximate surface area is 164 Å². The minimum absolute atomic E-state index is 0.271. The fraction of sp³-hybridized carbons (Fsp3) is 0.455. The molecule has 1 aromatic heterocycles.